The minimum atomic E-state index is 0.671. The monoisotopic (exact) mass is 225 g/mol. The summed E-state index contributed by atoms with van der Waals surface area (Å²) in [6.45, 7) is 0. The molecule has 0 spiro atoms. The Morgan fingerprint density at radius 1 is 1.20 bits per heavy atom. The summed E-state index contributed by atoms with van der Waals surface area (Å²) in [6.07, 6.45) is 16.6. The van der Waals surface area contributed by atoms with Crippen LogP contribution in [0, 0.1) is 0 Å². The zero-order valence-electron chi connectivity index (χ0n) is 9.74. The van der Waals surface area contributed by atoms with E-state index >= 15 is 0 Å². The lowest BCUT2D eigenvalue weighted by molar-refractivity contribution is 0.349. The van der Waals surface area contributed by atoms with E-state index < -0.39 is 0 Å². The normalized spacial score (nSPS) is 36.7. The Morgan fingerprint density at radius 3 is 2.87 bits per heavy atom. The summed E-state index contributed by atoms with van der Waals surface area (Å²) in [6, 6.07) is 1.45. The molecule has 0 saturated heterocycles. The van der Waals surface area contributed by atoms with Crippen LogP contribution in [0.3, 0.4) is 0 Å². The van der Waals surface area contributed by atoms with Gasteiger partial charge in [-0.25, -0.2) is 0 Å². The van der Waals surface area contributed by atoms with Gasteiger partial charge in [0.25, 0.3) is 0 Å². The average molecular weight is 225 g/mol. The van der Waals surface area contributed by atoms with E-state index in [4.69, 9.17) is 0 Å². The molecule has 1 nitrogen and oxygen atoms in total. The maximum absolute atomic E-state index is 3.82. The second-order valence-electron chi connectivity index (χ2n) is 4.85. The zero-order valence-corrected chi connectivity index (χ0v) is 10.6. The van der Waals surface area contributed by atoms with Gasteiger partial charge in [0.1, 0.15) is 0 Å². The lowest BCUT2D eigenvalue weighted by Gasteiger charge is -2.32. The third kappa shape index (κ3) is 3.53. The molecule has 0 bridgehead atoms. The van der Waals surface area contributed by atoms with E-state index in [0.717, 1.165) is 11.3 Å². The van der Waals surface area contributed by atoms with Crippen molar-refractivity contribution in [3.63, 3.8) is 0 Å². The van der Waals surface area contributed by atoms with Crippen molar-refractivity contribution in [2.45, 2.75) is 62.3 Å². The molecule has 3 unspecified atom stereocenters. The number of rotatable bonds is 3. The predicted octanol–water partition coefficient (Wildman–Crippen LogP) is 3.36. The minimum absolute atomic E-state index is 0.671. The molecule has 2 rings (SSSR count). The molecule has 86 valence electrons. The number of hydrogen-bond donors (Lipinski definition) is 1. The van der Waals surface area contributed by atoms with Crippen molar-refractivity contribution in [3.05, 3.63) is 12.2 Å². The smallest absolute Gasteiger partial charge is 0.0252 e. The molecular weight excluding hydrogens is 202 g/mol. The van der Waals surface area contributed by atoms with Crippen LogP contribution < -0.4 is 5.32 Å². The summed E-state index contributed by atoms with van der Waals surface area (Å²) in [5, 5.41) is 4.73. The largest absolute Gasteiger partial charge is 0.308 e. The van der Waals surface area contributed by atoms with Gasteiger partial charge >= 0.3 is 0 Å². The molecule has 0 aromatic rings. The van der Waals surface area contributed by atoms with Crippen molar-refractivity contribution >= 4 is 11.8 Å². The molecule has 1 N–H and O–H groups in total. The van der Waals surface area contributed by atoms with Gasteiger partial charge in [-0.05, 0) is 44.8 Å². The molecular formula is C13H23NS. The molecule has 2 aliphatic rings. The first kappa shape index (κ1) is 11.5. The highest BCUT2D eigenvalue weighted by atomic mass is 32.2. The fourth-order valence-electron chi connectivity index (χ4n) is 2.76. The Labute approximate surface area is 98.1 Å². The van der Waals surface area contributed by atoms with Gasteiger partial charge in [0, 0.05) is 17.3 Å². The van der Waals surface area contributed by atoms with Crippen LogP contribution in [-0.2, 0) is 0 Å². The fraction of sp³-hybridized carbons (Fsp3) is 0.846. The zero-order chi connectivity index (χ0) is 10.5. The van der Waals surface area contributed by atoms with Crippen molar-refractivity contribution < 1.29 is 0 Å². The summed E-state index contributed by atoms with van der Waals surface area (Å²) in [5.41, 5.74) is 0. The summed E-state index contributed by atoms with van der Waals surface area (Å²) < 4.78 is 0. The number of hydrogen-bond acceptors (Lipinski definition) is 2. The quantitative estimate of drug-likeness (QED) is 0.739. The van der Waals surface area contributed by atoms with E-state index in [0.29, 0.717) is 6.04 Å². The number of nitrogens with one attached hydrogen (secondary N) is 1. The van der Waals surface area contributed by atoms with Crippen molar-refractivity contribution in [1.82, 2.24) is 5.32 Å². The molecule has 1 saturated carbocycles. The van der Waals surface area contributed by atoms with E-state index in [1.54, 1.807) is 0 Å². The van der Waals surface area contributed by atoms with Gasteiger partial charge < -0.3 is 5.32 Å². The molecule has 3 atom stereocenters. The summed E-state index contributed by atoms with van der Waals surface area (Å²) in [7, 11) is 0. The minimum Gasteiger partial charge on any atom is -0.308 e. The molecule has 0 aromatic heterocycles. The van der Waals surface area contributed by atoms with Crippen LogP contribution in [0.15, 0.2) is 12.2 Å². The first-order valence-electron chi connectivity index (χ1n) is 6.34. The molecule has 0 aliphatic heterocycles. The van der Waals surface area contributed by atoms with Crippen LogP contribution in [0.2, 0.25) is 0 Å². The molecule has 0 heterocycles. The average Bonchev–Trinajstić information content (AvgIpc) is 2.31. The Kier molecular flexibility index (Phi) is 4.58. The van der Waals surface area contributed by atoms with Crippen LogP contribution >= 0.6 is 11.8 Å². The number of allylic oxidation sites excluding steroid dienone is 1. The van der Waals surface area contributed by atoms with Gasteiger partial charge in [0.2, 0.25) is 0 Å². The summed E-state index contributed by atoms with van der Waals surface area (Å²) >= 11 is 2.05. The first-order valence-corrected chi connectivity index (χ1v) is 7.63. The lowest BCUT2D eigenvalue weighted by atomic mass is 9.93. The fourth-order valence-corrected chi connectivity index (χ4v) is 3.59. The molecule has 0 aromatic carbocycles. The first-order chi connectivity index (χ1) is 7.38. The molecule has 15 heavy (non-hydrogen) atoms. The Morgan fingerprint density at radius 2 is 2.13 bits per heavy atom. The van der Waals surface area contributed by atoms with Gasteiger partial charge in [-0.1, -0.05) is 18.6 Å². The van der Waals surface area contributed by atoms with E-state index in [2.05, 4.69) is 35.5 Å². The Bertz CT molecular complexity index is 215. The van der Waals surface area contributed by atoms with Crippen LogP contribution in [0.25, 0.3) is 0 Å². The SMILES string of the molecule is CSC1CCCC(NC2C=CCCC2)C1. The molecule has 0 amide bonds. The molecule has 2 heteroatoms. The van der Waals surface area contributed by atoms with Crippen LogP contribution in [0.1, 0.15) is 44.9 Å². The number of thioether (sulfide) groups is 1. The highest BCUT2D eigenvalue weighted by molar-refractivity contribution is 7.99. The molecule has 2 aliphatic carbocycles. The lowest BCUT2D eigenvalue weighted by Crippen LogP contribution is -2.41. The van der Waals surface area contributed by atoms with Gasteiger partial charge in [0.15, 0.2) is 0 Å². The highest BCUT2D eigenvalue weighted by Crippen LogP contribution is 2.27. The maximum Gasteiger partial charge on any atom is 0.0252 e. The van der Waals surface area contributed by atoms with Gasteiger partial charge in [-0.15, -0.1) is 0 Å². The van der Waals surface area contributed by atoms with E-state index in [1.165, 1.54) is 44.9 Å². The standard InChI is InChI=1S/C13H23NS/c1-15-13-9-5-8-12(10-13)14-11-6-3-2-4-7-11/h3,6,11-14H,2,4-5,7-10H2,1H3. The van der Waals surface area contributed by atoms with Crippen LogP contribution in [0.5, 0.6) is 0 Å². The second-order valence-corrected chi connectivity index (χ2v) is 5.99. The third-order valence-corrected chi connectivity index (χ3v) is 4.76. The Hall–Kier alpha value is 0.0500. The van der Waals surface area contributed by atoms with E-state index in [1.807, 2.05) is 0 Å². The predicted molar refractivity (Wildman–Crippen MR) is 69.5 cm³/mol. The van der Waals surface area contributed by atoms with Crippen molar-refractivity contribution in [2.24, 2.45) is 0 Å². The second kappa shape index (κ2) is 5.95. The van der Waals surface area contributed by atoms with Gasteiger partial charge in [0.05, 0.1) is 0 Å². The van der Waals surface area contributed by atoms with E-state index in [-0.39, 0.29) is 0 Å². The maximum atomic E-state index is 3.82. The third-order valence-electron chi connectivity index (χ3n) is 3.66. The van der Waals surface area contributed by atoms with Crippen molar-refractivity contribution in [3.8, 4) is 0 Å². The van der Waals surface area contributed by atoms with Crippen molar-refractivity contribution in [2.75, 3.05) is 6.26 Å². The van der Waals surface area contributed by atoms with Crippen LogP contribution in [0.4, 0.5) is 0 Å². The molecule has 1 fully saturated rings. The van der Waals surface area contributed by atoms with Crippen LogP contribution in [-0.4, -0.2) is 23.6 Å². The Balaban J connectivity index is 1.77. The van der Waals surface area contributed by atoms with Gasteiger partial charge in [-0.3, -0.25) is 0 Å². The van der Waals surface area contributed by atoms with Gasteiger partial charge in [-0.2, -0.15) is 11.8 Å². The topological polar surface area (TPSA) is 12.0 Å². The molecule has 0 radical (unpaired) electrons. The van der Waals surface area contributed by atoms with Crippen molar-refractivity contribution in [1.29, 1.82) is 0 Å². The summed E-state index contributed by atoms with van der Waals surface area (Å²) in [5.74, 6) is 0. The highest BCUT2D eigenvalue weighted by Gasteiger charge is 2.22. The summed E-state index contributed by atoms with van der Waals surface area (Å²) in [4.78, 5) is 0. The van der Waals surface area contributed by atoms with E-state index in [9.17, 15) is 0 Å².